The molecule has 0 spiro atoms. The second kappa shape index (κ2) is 7.59. The zero-order chi connectivity index (χ0) is 15.3. The molecule has 1 aromatic rings. The molecule has 0 amide bonds. The van der Waals surface area contributed by atoms with Crippen LogP contribution in [0.15, 0.2) is 17.2 Å². The Hall–Kier alpha value is -2.95. The van der Waals surface area contributed by atoms with Crippen molar-refractivity contribution in [2.45, 2.75) is 0 Å². The number of nitrogens with two attached hydrogens (primary N) is 1. The van der Waals surface area contributed by atoms with Gasteiger partial charge in [-0.05, 0) is 6.07 Å². The fourth-order valence-electron chi connectivity index (χ4n) is 1.38. The van der Waals surface area contributed by atoms with Gasteiger partial charge in [0, 0.05) is 6.07 Å². The fraction of sp³-hybridized carbons (Fsp3) is 0.111. The van der Waals surface area contributed by atoms with Gasteiger partial charge in [0.1, 0.15) is 0 Å². The summed E-state index contributed by atoms with van der Waals surface area (Å²) in [5.74, 6) is -0.667. The molecule has 0 aliphatic rings. The summed E-state index contributed by atoms with van der Waals surface area (Å²) < 4.78 is 4.80. The summed E-state index contributed by atoms with van der Waals surface area (Å²) in [6, 6.07) is 2.17. The molecule has 0 aliphatic heterocycles. The van der Waals surface area contributed by atoms with Crippen LogP contribution in [0.4, 0.5) is 11.4 Å². The normalized spacial score (nSPS) is 9.76. The van der Waals surface area contributed by atoms with Crippen molar-refractivity contribution in [3.8, 4) is 5.75 Å². The highest BCUT2D eigenvalue weighted by Gasteiger charge is 2.28. The molecule has 0 aromatic heterocycles. The molecule has 114 valence electrons. The summed E-state index contributed by atoms with van der Waals surface area (Å²) in [4.78, 5) is 20.3. The summed E-state index contributed by atoms with van der Waals surface area (Å²) in [6.07, 6.45) is 0.834. The van der Waals surface area contributed by atoms with Crippen LogP contribution in [0.1, 0.15) is 5.56 Å². The monoisotopic (exact) mass is 318 g/mol. The van der Waals surface area contributed by atoms with E-state index in [1.54, 1.807) is 0 Å². The Bertz CT molecular complexity index is 605. The Morgan fingerprint density at radius 3 is 2.48 bits per heavy atom. The number of nitro benzene ring substituents is 2. The molecule has 0 radical (unpaired) electrons. The highest BCUT2D eigenvalue weighted by Crippen LogP contribution is 2.35. The van der Waals surface area contributed by atoms with Gasteiger partial charge in [-0.3, -0.25) is 25.6 Å². The van der Waals surface area contributed by atoms with Gasteiger partial charge in [-0.25, -0.2) is 5.43 Å². The highest BCUT2D eigenvalue weighted by atomic mass is 35.5. The Balaban J connectivity index is 0.00000400. The second-order valence-electron chi connectivity index (χ2n) is 3.35. The number of methoxy groups -OCH3 is 1. The number of halogens is 1. The van der Waals surface area contributed by atoms with E-state index in [0.29, 0.717) is 0 Å². The first-order chi connectivity index (χ1) is 9.38. The van der Waals surface area contributed by atoms with Crippen molar-refractivity contribution >= 4 is 36.0 Å². The zero-order valence-electron chi connectivity index (χ0n) is 10.6. The van der Waals surface area contributed by atoms with Crippen LogP contribution < -0.4 is 15.9 Å². The third kappa shape index (κ3) is 4.28. The summed E-state index contributed by atoms with van der Waals surface area (Å²) in [6.45, 7) is 0. The van der Waals surface area contributed by atoms with E-state index in [2.05, 4.69) is 5.10 Å². The molecular formula is C9H11ClN6O5. The molecule has 0 heterocycles. The van der Waals surface area contributed by atoms with Crippen molar-refractivity contribution in [3.63, 3.8) is 0 Å². The van der Waals surface area contributed by atoms with Gasteiger partial charge < -0.3 is 10.5 Å². The van der Waals surface area contributed by atoms with E-state index >= 15 is 0 Å². The maximum Gasteiger partial charge on any atom is 0.326 e. The quantitative estimate of drug-likeness (QED) is 0.311. The van der Waals surface area contributed by atoms with E-state index in [0.717, 1.165) is 18.3 Å². The van der Waals surface area contributed by atoms with Gasteiger partial charge in [0.25, 0.3) is 5.69 Å². The number of nitro groups is 2. The van der Waals surface area contributed by atoms with Crippen LogP contribution in [0.2, 0.25) is 0 Å². The van der Waals surface area contributed by atoms with Crippen LogP contribution in [0.3, 0.4) is 0 Å². The van der Waals surface area contributed by atoms with Crippen LogP contribution >= 0.6 is 12.4 Å². The number of nitrogens with zero attached hydrogens (tertiary/aromatic N) is 3. The lowest BCUT2D eigenvalue weighted by Crippen LogP contribution is -2.25. The van der Waals surface area contributed by atoms with E-state index < -0.39 is 27.2 Å². The summed E-state index contributed by atoms with van der Waals surface area (Å²) >= 11 is 0. The third-order valence-corrected chi connectivity index (χ3v) is 2.13. The first kappa shape index (κ1) is 18.0. The molecule has 0 saturated heterocycles. The number of rotatable bonds is 5. The largest absolute Gasteiger partial charge is 0.490 e. The SMILES string of the molecule is COc1ccc([N+](=O)[O-])c(/C=N/NC(=N)N)c1[N+](=O)[O-].Cl. The fourth-order valence-corrected chi connectivity index (χ4v) is 1.38. The van der Waals surface area contributed by atoms with Crippen LogP contribution in [-0.2, 0) is 0 Å². The maximum atomic E-state index is 11.0. The third-order valence-electron chi connectivity index (χ3n) is 2.13. The van der Waals surface area contributed by atoms with E-state index in [1.807, 2.05) is 5.43 Å². The molecule has 0 unspecified atom stereocenters. The molecule has 11 nitrogen and oxygen atoms in total. The molecule has 4 N–H and O–H groups in total. The van der Waals surface area contributed by atoms with Crippen LogP contribution in [0.25, 0.3) is 0 Å². The predicted molar refractivity (Wildman–Crippen MR) is 76.2 cm³/mol. The average molecular weight is 319 g/mol. The minimum atomic E-state index is -0.818. The van der Waals surface area contributed by atoms with Crippen LogP contribution in [-0.4, -0.2) is 29.1 Å². The van der Waals surface area contributed by atoms with Crippen molar-refractivity contribution < 1.29 is 14.6 Å². The van der Waals surface area contributed by atoms with E-state index in [1.165, 1.54) is 7.11 Å². The first-order valence-corrected chi connectivity index (χ1v) is 5.01. The van der Waals surface area contributed by atoms with Crippen molar-refractivity contribution in [1.29, 1.82) is 5.41 Å². The van der Waals surface area contributed by atoms with E-state index in [-0.39, 0.29) is 23.7 Å². The Morgan fingerprint density at radius 2 is 2.05 bits per heavy atom. The number of nitrogens with one attached hydrogen (secondary N) is 2. The smallest absolute Gasteiger partial charge is 0.326 e. The number of hydrogen-bond donors (Lipinski definition) is 3. The van der Waals surface area contributed by atoms with Crippen molar-refractivity contribution in [2.24, 2.45) is 10.8 Å². The molecule has 0 aliphatic carbocycles. The number of guanidine groups is 1. The molecule has 0 fully saturated rings. The summed E-state index contributed by atoms with van der Waals surface area (Å²) in [7, 11) is 1.20. The first-order valence-electron chi connectivity index (χ1n) is 5.01. The van der Waals surface area contributed by atoms with Crippen molar-refractivity contribution in [1.82, 2.24) is 5.43 Å². The van der Waals surface area contributed by atoms with Crippen molar-refractivity contribution in [2.75, 3.05) is 7.11 Å². The second-order valence-corrected chi connectivity index (χ2v) is 3.35. The topological polar surface area (TPSA) is 170 Å². The molecule has 0 bridgehead atoms. The van der Waals surface area contributed by atoms with Crippen molar-refractivity contribution in [3.05, 3.63) is 37.9 Å². The van der Waals surface area contributed by atoms with E-state index in [4.69, 9.17) is 15.9 Å². The highest BCUT2D eigenvalue weighted by molar-refractivity contribution is 5.93. The van der Waals surface area contributed by atoms with Gasteiger partial charge in [-0.2, -0.15) is 5.10 Å². The maximum absolute atomic E-state index is 11.0. The standard InChI is InChI=1S/C9H10N6O5.ClH/c1-20-7-3-2-6(14(16)17)5(8(7)15(18)19)4-12-13-9(10)11;/h2-4H,1H3,(H4,10,11,13);1H/b12-4+;. The molecule has 0 saturated carbocycles. The predicted octanol–water partition coefficient (Wildman–Crippen LogP) is 0.750. The van der Waals surface area contributed by atoms with Gasteiger partial charge in [0.15, 0.2) is 11.3 Å². The Labute approximate surface area is 124 Å². The minimum Gasteiger partial charge on any atom is -0.490 e. The molecule has 1 aromatic carbocycles. The molecule has 21 heavy (non-hydrogen) atoms. The van der Waals surface area contributed by atoms with Gasteiger partial charge >= 0.3 is 5.69 Å². The Morgan fingerprint density at radius 1 is 1.43 bits per heavy atom. The number of benzene rings is 1. The average Bonchev–Trinajstić information content (AvgIpc) is 2.36. The number of ether oxygens (including phenoxy) is 1. The molecule has 0 atom stereocenters. The molecule has 12 heteroatoms. The lowest BCUT2D eigenvalue weighted by Gasteiger charge is -2.04. The number of hydrazone groups is 1. The van der Waals surface area contributed by atoms with Crippen LogP contribution in [0, 0.1) is 25.6 Å². The van der Waals surface area contributed by atoms with Gasteiger partial charge in [-0.1, -0.05) is 0 Å². The zero-order valence-corrected chi connectivity index (χ0v) is 11.4. The van der Waals surface area contributed by atoms with Gasteiger partial charge in [0.2, 0.25) is 5.96 Å². The van der Waals surface area contributed by atoms with E-state index in [9.17, 15) is 20.2 Å². The minimum absolute atomic E-state index is 0. The number of hydrogen-bond acceptors (Lipinski definition) is 7. The van der Waals surface area contributed by atoms with Gasteiger partial charge in [0.05, 0.1) is 23.2 Å². The summed E-state index contributed by atoms with van der Waals surface area (Å²) in [5, 5.41) is 32.2. The lowest BCUT2D eigenvalue weighted by molar-refractivity contribution is -0.394. The Kier molecular flexibility index (Phi) is 6.53. The molecule has 1 rings (SSSR count). The lowest BCUT2D eigenvalue weighted by atomic mass is 10.1. The van der Waals surface area contributed by atoms with Gasteiger partial charge in [-0.15, -0.1) is 12.4 Å². The van der Waals surface area contributed by atoms with Crippen LogP contribution in [0.5, 0.6) is 5.75 Å². The molecular weight excluding hydrogens is 308 g/mol. The summed E-state index contributed by atoms with van der Waals surface area (Å²) in [5.41, 5.74) is 5.49.